The molecule has 2 aliphatic rings. The predicted molar refractivity (Wildman–Crippen MR) is 122 cm³/mol. The first-order valence-corrected chi connectivity index (χ1v) is 10.5. The molecule has 168 valence electrons. The SMILES string of the molecule is COC1(O)C(=O)N2C(=O)C(C(=O)c3ccccc3)=C(c3ccccc3)OC2=C1c1ccccc1. The van der Waals surface area contributed by atoms with E-state index < -0.39 is 23.4 Å². The molecule has 2 heterocycles. The highest BCUT2D eigenvalue weighted by Gasteiger charge is 2.59. The summed E-state index contributed by atoms with van der Waals surface area (Å²) in [5.41, 5.74) is 0.814. The van der Waals surface area contributed by atoms with Gasteiger partial charge in [0.15, 0.2) is 5.76 Å². The summed E-state index contributed by atoms with van der Waals surface area (Å²) in [6.07, 6.45) is 0. The molecule has 1 unspecified atom stereocenters. The summed E-state index contributed by atoms with van der Waals surface area (Å²) in [6.45, 7) is 0. The molecule has 0 aliphatic carbocycles. The largest absolute Gasteiger partial charge is 0.438 e. The van der Waals surface area contributed by atoms with Crippen molar-refractivity contribution in [1.29, 1.82) is 0 Å². The van der Waals surface area contributed by atoms with Crippen LogP contribution in [0.3, 0.4) is 0 Å². The summed E-state index contributed by atoms with van der Waals surface area (Å²) >= 11 is 0. The van der Waals surface area contributed by atoms with Crippen molar-refractivity contribution in [1.82, 2.24) is 4.90 Å². The molecule has 2 aliphatic heterocycles. The van der Waals surface area contributed by atoms with E-state index in [0.717, 1.165) is 7.11 Å². The number of nitrogens with zero attached hydrogens (tertiary/aromatic N) is 1. The van der Waals surface area contributed by atoms with Gasteiger partial charge in [0, 0.05) is 18.2 Å². The van der Waals surface area contributed by atoms with Gasteiger partial charge in [-0.15, -0.1) is 0 Å². The standard InChI is InChI=1S/C27H19NO6/c1-33-27(32)21(17-11-5-2-6-12-17)25-28(26(27)31)24(30)20(22(29)18-13-7-3-8-14-18)23(34-25)19-15-9-4-10-16-19/h2-16,32H,1H3. The number of hydrogen-bond donors (Lipinski definition) is 1. The molecule has 0 aromatic heterocycles. The zero-order valence-corrected chi connectivity index (χ0v) is 18.1. The van der Waals surface area contributed by atoms with Crippen LogP contribution in [0, 0.1) is 0 Å². The van der Waals surface area contributed by atoms with Crippen molar-refractivity contribution in [3.63, 3.8) is 0 Å². The first-order valence-electron chi connectivity index (χ1n) is 10.5. The Labute approximate surface area is 195 Å². The highest BCUT2D eigenvalue weighted by atomic mass is 16.6. The van der Waals surface area contributed by atoms with E-state index in [0.29, 0.717) is 16.0 Å². The minimum Gasteiger partial charge on any atom is -0.438 e. The topological polar surface area (TPSA) is 93.1 Å². The third-order valence-corrected chi connectivity index (χ3v) is 5.75. The number of aliphatic hydroxyl groups is 1. The quantitative estimate of drug-likeness (QED) is 0.276. The molecular weight excluding hydrogens is 434 g/mol. The lowest BCUT2D eigenvalue weighted by molar-refractivity contribution is -0.180. The third-order valence-electron chi connectivity index (χ3n) is 5.75. The maximum atomic E-state index is 13.7. The Hall–Kier alpha value is -4.33. The molecule has 0 fully saturated rings. The number of hydrogen-bond acceptors (Lipinski definition) is 6. The van der Waals surface area contributed by atoms with Crippen LogP contribution < -0.4 is 0 Å². The summed E-state index contributed by atoms with van der Waals surface area (Å²) < 4.78 is 11.3. The first kappa shape index (κ1) is 21.5. The molecule has 7 heteroatoms. The Kier molecular flexibility index (Phi) is 5.20. The number of fused-ring (bicyclic) bond motifs is 1. The number of ether oxygens (including phenoxy) is 2. The summed E-state index contributed by atoms with van der Waals surface area (Å²) in [4.78, 5) is 41.2. The van der Waals surface area contributed by atoms with Gasteiger partial charge in [-0.3, -0.25) is 14.4 Å². The second-order valence-electron chi connectivity index (χ2n) is 7.71. The number of imide groups is 1. The molecule has 0 saturated carbocycles. The number of carbonyl (C=O) groups is 3. The van der Waals surface area contributed by atoms with Gasteiger partial charge >= 0.3 is 5.91 Å². The fourth-order valence-electron chi connectivity index (χ4n) is 4.09. The number of carbonyl (C=O) groups excluding carboxylic acids is 3. The number of ketones is 1. The Morgan fingerprint density at radius 3 is 1.94 bits per heavy atom. The average Bonchev–Trinajstić information content (AvgIpc) is 3.12. The van der Waals surface area contributed by atoms with Crippen LogP contribution in [0.25, 0.3) is 11.3 Å². The number of Topliss-reactive ketones (excluding diaryl/α,β-unsaturated/α-hetero) is 1. The maximum absolute atomic E-state index is 13.7. The normalized spacial score (nSPS) is 19.9. The van der Waals surface area contributed by atoms with E-state index in [1.807, 2.05) is 0 Å². The number of amides is 2. The molecule has 0 bridgehead atoms. The smallest absolute Gasteiger partial charge is 0.301 e. The molecular formula is C27H19NO6. The number of benzene rings is 3. The zero-order valence-electron chi connectivity index (χ0n) is 18.1. The Morgan fingerprint density at radius 2 is 1.38 bits per heavy atom. The Bertz CT molecular complexity index is 1360. The summed E-state index contributed by atoms with van der Waals surface area (Å²) in [5.74, 6) is -5.24. The molecule has 0 radical (unpaired) electrons. The Morgan fingerprint density at radius 1 is 0.853 bits per heavy atom. The molecule has 3 aromatic rings. The fraction of sp³-hybridized carbons (Fsp3) is 0.0741. The van der Waals surface area contributed by atoms with Crippen LogP contribution in [0.4, 0.5) is 0 Å². The van der Waals surface area contributed by atoms with E-state index in [-0.39, 0.29) is 28.4 Å². The van der Waals surface area contributed by atoms with E-state index in [9.17, 15) is 19.5 Å². The molecule has 1 N–H and O–H groups in total. The number of rotatable bonds is 5. The second-order valence-corrected chi connectivity index (χ2v) is 7.71. The molecule has 34 heavy (non-hydrogen) atoms. The lowest BCUT2D eigenvalue weighted by Crippen LogP contribution is -2.48. The molecule has 0 saturated heterocycles. The van der Waals surface area contributed by atoms with E-state index in [1.54, 1.807) is 91.0 Å². The van der Waals surface area contributed by atoms with Gasteiger partial charge in [-0.2, -0.15) is 0 Å². The van der Waals surface area contributed by atoms with Gasteiger partial charge in [0.05, 0.1) is 5.57 Å². The van der Waals surface area contributed by atoms with E-state index in [4.69, 9.17) is 9.47 Å². The minimum atomic E-state index is -2.47. The molecule has 2 amide bonds. The molecule has 7 nitrogen and oxygen atoms in total. The lowest BCUT2D eigenvalue weighted by atomic mass is 9.97. The highest BCUT2D eigenvalue weighted by Crippen LogP contribution is 2.46. The van der Waals surface area contributed by atoms with Gasteiger partial charge in [-0.1, -0.05) is 91.0 Å². The van der Waals surface area contributed by atoms with Crippen molar-refractivity contribution in [2.24, 2.45) is 0 Å². The van der Waals surface area contributed by atoms with Gasteiger partial charge in [0.25, 0.3) is 11.7 Å². The van der Waals surface area contributed by atoms with Gasteiger partial charge < -0.3 is 14.6 Å². The van der Waals surface area contributed by atoms with Crippen molar-refractivity contribution in [2.45, 2.75) is 5.79 Å². The van der Waals surface area contributed by atoms with Crippen molar-refractivity contribution >= 4 is 28.9 Å². The van der Waals surface area contributed by atoms with Crippen LogP contribution in [-0.2, 0) is 19.1 Å². The van der Waals surface area contributed by atoms with Crippen LogP contribution in [-0.4, -0.2) is 40.5 Å². The summed E-state index contributed by atoms with van der Waals surface area (Å²) in [7, 11) is 1.16. The monoisotopic (exact) mass is 453 g/mol. The van der Waals surface area contributed by atoms with Crippen LogP contribution in [0.15, 0.2) is 102 Å². The van der Waals surface area contributed by atoms with Crippen LogP contribution in [0.1, 0.15) is 21.5 Å². The van der Waals surface area contributed by atoms with Crippen LogP contribution in [0.5, 0.6) is 0 Å². The molecule has 1 atom stereocenters. The Balaban J connectivity index is 1.78. The van der Waals surface area contributed by atoms with Crippen molar-refractivity contribution in [3.05, 3.63) is 119 Å². The zero-order chi connectivity index (χ0) is 23.9. The first-order chi connectivity index (χ1) is 16.5. The average molecular weight is 453 g/mol. The van der Waals surface area contributed by atoms with Gasteiger partial charge in [-0.25, -0.2) is 4.90 Å². The van der Waals surface area contributed by atoms with E-state index >= 15 is 0 Å². The predicted octanol–water partition coefficient (Wildman–Crippen LogP) is 3.38. The van der Waals surface area contributed by atoms with Gasteiger partial charge in [0.1, 0.15) is 5.57 Å². The van der Waals surface area contributed by atoms with Crippen molar-refractivity contribution < 1.29 is 29.0 Å². The highest BCUT2D eigenvalue weighted by molar-refractivity contribution is 6.33. The molecule has 5 rings (SSSR count). The maximum Gasteiger partial charge on any atom is 0.301 e. The second kappa shape index (κ2) is 8.22. The van der Waals surface area contributed by atoms with Crippen LogP contribution >= 0.6 is 0 Å². The van der Waals surface area contributed by atoms with Crippen molar-refractivity contribution in [3.8, 4) is 0 Å². The fourth-order valence-corrected chi connectivity index (χ4v) is 4.09. The van der Waals surface area contributed by atoms with E-state index in [2.05, 4.69) is 0 Å². The summed E-state index contributed by atoms with van der Waals surface area (Å²) in [6, 6.07) is 25.4. The van der Waals surface area contributed by atoms with Crippen molar-refractivity contribution in [2.75, 3.05) is 7.11 Å². The molecule has 3 aromatic carbocycles. The van der Waals surface area contributed by atoms with Gasteiger partial charge in [0.2, 0.25) is 11.7 Å². The summed E-state index contributed by atoms with van der Waals surface area (Å²) in [5, 5.41) is 11.2. The van der Waals surface area contributed by atoms with Crippen LogP contribution in [0.2, 0.25) is 0 Å². The lowest BCUT2D eigenvalue weighted by Gasteiger charge is -2.28. The van der Waals surface area contributed by atoms with Gasteiger partial charge in [-0.05, 0) is 5.56 Å². The number of methoxy groups -OCH3 is 1. The van der Waals surface area contributed by atoms with E-state index in [1.165, 1.54) is 0 Å². The third kappa shape index (κ3) is 3.18. The minimum absolute atomic E-state index is 0.00714. The molecule has 0 spiro atoms.